The van der Waals surface area contributed by atoms with Crippen molar-refractivity contribution in [3.05, 3.63) is 53.7 Å². The Bertz CT molecular complexity index is 754. The van der Waals surface area contributed by atoms with Crippen molar-refractivity contribution in [1.29, 1.82) is 0 Å². The molecule has 1 aliphatic heterocycles. The molecule has 2 N–H and O–H groups in total. The maximum Gasteiger partial charge on any atom is 0.326 e. The first-order valence-corrected chi connectivity index (χ1v) is 6.01. The van der Waals surface area contributed by atoms with Crippen LogP contribution in [0.5, 0.6) is 0 Å². The number of halogens is 1. The second-order valence-electron chi connectivity index (χ2n) is 4.49. The van der Waals surface area contributed by atoms with Gasteiger partial charge in [-0.3, -0.25) is 9.59 Å². The second kappa shape index (κ2) is 4.55. The van der Waals surface area contributed by atoms with Gasteiger partial charge in [0.2, 0.25) is 5.78 Å². The largest absolute Gasteiger partial charge is 0.461 e. The van der Waals surface area contributed by atoms with Gasteiger partial charge in [-0.15, -0.1) is 0 Å². The molecule has 3 rings (SSSR count). The molecule has 0 spiro atoms. The van der Waals surface area contributed by atoms with Gasteiger partial charge in [0.1, 0.15) is 11.7 Å². The van der Waals surface area contributed by atoms with Crippen LogP contribution >= 0.6 is 0 Å². The number of ketones is 1. The standard InChI is InChI=1S/C14H9FN2O4/c15-7-3-4-8-9(6-7)17(14(16)20)13(19)11(8)12(18)10-2-1-5-21-10/h1-6,11H,(H2,16,20)/t11-/m1/s1. The molecule has 106 valence electrons. The monoisotopic (exact) mass is 288 g/mol. The van der Waals surface area contributed by atoms with Crippen molar-refractivity contribution >= 4 is 23.4 Å². The third kappa shape index (κ3) is 1.90. The minimum absolute atomic E-state index is 0.0163. The molecule has 0 bridgehead atoms. The van der Waals surface area contributed by atoms with Gasteiger partial charge < -0.3 is 10.2 Å². The van der Waals surface area contributed by atoms with Gasteiger partial charge in [-0.05, 0) is 29.8 Å². The van der Waals surface area contributed by atoms with Gasteiger partial charge in [0, 0.05) is 0 Å². The minimum atomic E-state index is -1.26. The van der Waals surface area contributed by atoms with E-state index in [0.29, 0.717) is 4.90 Å². The first-order chi connectivity index (χ1) is 10.0. The Labute approximate surface area is 117 Å². The fraction of sp³-hybridized carbons (Fsp3) is 0.0714. The molecule has 1 aromatic carbocycles. The van der Waals surface area contributed by atoms with E-state index in [9.17, 15) is 18.8 Å². The summed E-state index contributed by atoms with van der Waals surface area (Å²) in [5.74, 6) is -3.35. The lowest BCUT2D eigenvalue weighted by molar-refractivity contribution is -0.117. The smallest absolute Gasteiger partial charge is 0.326 e. The van der Waals surface area contributed by atoms with Gasteiger partial charge in [0.15, 0.2) is 5.76 Å². The van der Waals surface area contributed by atoms with E-state index < -0.39 is 29.5 Å². The van der Waals surface area contributed by atoms with Gasteiger partial charge in [0.05, 0.1) is 12.0 Å². The van der Waals surface area contributed by atoms with Crippen molar-refractivity contribution in [1.82, 2.24) is 0 Å². The Morgan fingerprint density at radius 2 is 2.05 bits per heavy atom. The highest BCUT2D eigenvalue weighted by atomic mass is 19.1. The van der Waals surface area contributed by atoms with Gasteiger partial charge in [-0.1, -0.05) is 6.07 Å². The lowest BCUT2D eigenvalue weighted by Gasteiger charge is -2.12. The normalized spacial score (nSPS) is 16.9. The molecule has 7 heteroatoms. The number of hydrogen-bond acceptors (Lipinski definition) is 4. The number of nitrogens with two attached hydrogens (primary N) is 1. The van der Waals surface area contributed by atoms with Crippen LogP contribution in [0, 0.1) is 5.82 Å². The summed E-state index contributed by atoms with van der Waals surface area (Å²) >= 11 is 0. The van der Waals surface area contributed by atoms with E-state index in [1.165, 1.54) is 24.5 Å². The number of amides is 3. The number of carbonyl (C=O) groups is 3. The van der Waals surface area contributed by atoms with E-state index in [1.807, 2.05) is 0 Å². The van der Waals surface area contributed by atoms with E-state index >= 15 is 0 Å². The highest BCUT2D eigenvalue weighted by molar-refractivity contribution is 6.29. The van der Waals surface area contributed by atoms with Crippen molar-refractivity contribution in [2.75, 3.05) is 4.90 Å². The maximum absolute atomic E-state index is 13.3. The quantitative estimate of drug-likeness (QED) is 0.673. The number of hydrogen-bond donors (Lipinski definition) is 1. The zero-order chi connectivity index (χ0) is 15.1. The average Bonchev–Trinajstić information content (AvgIpc) is 3.02. The topological polar surface area (TPSA) is 93.6 Å². The Kier molecular flexibility index (Phi) is 2.83. The van der Waals surface area contributed by atoms with Crippen molar-refractivity contribution in [2.24, 2.45) is 5.73 Å². The number of primary amides is 1. The Balaban J connectivity index is 2.13. The van der Waals surface area contributed by atoms with Crippen LogP contribution in [0.15, 0.2) is 41.0 Å². The number of fused-ring (bicyclic) bond motifs is 1. The number of furan rings is 1. The van der Waals surface area contributed by atoms with Crippen LogP contribution in [0.25, 0.3) is 0 Å². The Hall–Kier alpha value is -2.96. The van der Waals surface area contributed by atoms with Crippen molar-refractivity contribution in [3.8, 4) is 0 Å². The van der Waals surface area contributed by atoms with Crippen molar-refractivity contribution < 1.29 is 23.2 Å². The van der Waals surface area contributed by atoms with E-state index in [0.717, 1.165) is 12.1 Å². The summed E-state index contributed by atoms with van der Waals surface area (Å²) < 4.78 is 18.3. The number of imide groups is 1. The molecule has 3 amide bonds. The highest BCUT2D eigenvalue weighted by Crippen LogP contribution is 2.39. The molecule has 0 unspecified atom stereocenters. The molecule has 0 saturated carbocycles. The average molecular weight is 288 g/mol. The molecule has 2 aromatic rings. The number of nitrogens with zero attached hydrogens (tertiary/aromatic N) is 1. The SMILES string of the molecule is NC(=O)N1C(=O)[C@@H](C(=O)c2ccco2)c2ccc(F)cc21. The summed E-state index contributed by atoms with van der Waals surface area (Å²) in [5, 5.41) is 0. The van der Waals surface area contributed by atoms with Crippen molar-refractivity contribution in [2.45, 2.75) is 5.92 Å². The predicted molar refractivity (Wildman–Crippen MR) is 69.2 cm³/mol. The van der Waals surface area contributed by atoms with Gasteiger partial charge in [0.25, 0.3) is 5.91 Å². The lowest BCUT2D eigenvalue weighted by atomic mass is 9.95. The Morgan fingerprint density at radius 3 is 2.67 bits per heavy atom. The van der Waals surface area contributed by atoms with Crippen LogP contribution < -0.4 is 10.6 Å². The lowest BCUT2D eigenvalue weighted by Crippen LogP contribution is -2.40. The van der Waals surface area contributed by atoms with Gasteiger partial charge in [-0.25, -0.2) is 14.1 Å². The molecule has 2 heterocycles. The molecule has 0 saturated heterocycles. The highest BCUT2D eigenvalue weighted by Gasteiger charge is 2.45. The molecular formula is C14H9FN2O4. The summed E-state index contributed by atoms with van der Waals surface area (Å²) in [6.07, 6.45) is 1.30. The van der Waals surface area contributed by atoms with Gasteiger partial charge >= 0.3 is 6.03 Å². The molecule has 0 fully saturated rings. The van der Waals surface area contributed by atoms with Crippen LogP contribution in [0.2, 0.25) is 0 Å². The molecule has 0 aliphatic carbocycles. The molecule has 21 heavy (non-hydrogen) atoms. The van der Waals surface area contributed by atoms with Crippen molar-refractivity contribution in [3.63, 3.8) is 0 Å². The van der Waals surface area contributed by atoms with E-state index in [-0.39, 0.29) is 17.0 Å². The second-order valence-corrected chi connectivity index (χ2v) is 4.49. The predicted octanol–water partition coefficient (Wildman–Crippen LogP) is 1.81. The first-order valence-electron chi connectivity index (χ1n) is 6.01. The molecule has 1 aromatic heterocycles. The third-order valence-electron chi connectivity index (χ3n) is 3.26. The molecule has 1 atom stereocenters. The van der Waals surface area contributed by atoms with E-state index in [4.69, 9.17) is 10.2 Å². The van der Waals surface area contributed by atoms with Crippen LogP contribution in [0.4, 0.5) is 14.9 Å². The number of Topliss-reactive ketones (excluding diaryl/α,β-unsaturated/α-hetero) is 1. The number of carbonyl (C=O) groups excluding carboxylic acids is 3. The minimum Gasteiger partial charge on any atom is -0.461 e. The first kappa shape index (κ1) is 13.0. The van der Waals surface area contributed by atoms with Crippen LogP contribution in [-0.4, -0.2) is 17.7 Å². The molecule has 6 nitrogen and oxygen atoms in total. The molecule has 0 radical (unpaired) electrons. The summed E-state index contributed by atoms with van der Waals surface area (Å²) in [4.78, 5) is 36.7. The van der Waals surface area contributed by atoms with Crippen LogP contribution in [0.3, 0.4) is 0 Å². The number of rotatable bonds is 2. The van der Waals surface area contributed by atoms with Crippen LogP contribution in [0.1, 0.15) is 22.0 Å². The molecule has 1 aliphatic rings. The van der Waals surface area contributed by atoms with Crippen LogP contribution in [-0.2, 0) is 4.79 Å². The summed E-state index contributed by atoms with van der Waals surface area (Å²) in [6, 6.07) is 5.24. The van der Waals surface area contributed by atoms with E-state index in [1.54, 1.807) is 0 Å². The fourth-order valence-electron chi connectivity index (χ4n) is 2.38. The fourth-order valence-corrected chi connectivity index (χ4v) is 2.38. The number of urea groups is 1. The van der Waals surface area contributed by atoms with E-state index in [2.05, 4.69) is 0 Å². The number of benzene rings is 1. The van der Waals surface area contributed by atoms with Gasteiger partial charge in [-0.2, -0.15) is 0 Å². The Morgan fingerprint density at radius 1 is 1.29 bits per heavy atom. The summed E-state index contributed by atoms with van der Waals surface area (Å²) in [7, 11) is 0. The maximum atomic E-state index is 13.3. The zero-order valence-corrected chi connectivity index (χ0v) is 10.6. The molecular weight excluding hydrogens is 279 g/mol. The summed E-state index contributed by atoms with van der Waals surface area (Å²) in [5.41, 5.74) is 5.35. The third-order valence-corrected chi connectivity index (χ3v) is 3.26. The zero-order valence-electron chi connectivity index (χ0n) is 10.6. The summed E-state index contributed by atoms with van der Waals surface area (Å²) in [6.45, 7) is 0. The number of anilines is 1.